The molecule has 0 atom stereocenters. The van der Waals surface area contributed by atoms with Crippen LogP contribution in [0.3, 0.4) is 0 Å². The maximum atomic E-state index is 12.5. The molecule has 0 unspecified atom stereocenters. The molecule has 170 valence electrons. The quantitative estimate of drug-likeness (QED) is 0.386. The fraction of sp³-hybridized carbons (Fsp3) is 0.261. The van der Waals surface area contributed by atoms with Gasteiger partial charge in [-0.25, -0.2) is 14.5 Å². The summed E-state index contributed by atoms with van der Waals surface area (Å²) >= 11 is 1.34. The van der Waals surface area contributed by atoms with E-state index in [0.29, 0.717) is 22.6 Å². The van der Waals surface area contributed by atoms with E-state index in [1.54, 1.807) is 40.5 Å². The topological polar surface area (TPSA) is 105 Å². The van der Waals surface area contributed by atoms with Crippen molar-refractivity contribution in [1.82, 2.24) is 19.2 Å². The van der Waals surface area contributed by atoms with Crippen LogP contribution in [0.2, 0.25) is 0 Å². The van der Waals surface area contributed by atoms with Crippen molar-refractivity contribution < 1.29 is 19.1 Å². The number of rotatable bonds is 7. The number of aryl methyl sites for hydroxylation is 1. The lowest BCUT2D eigenvalue weighted by atomic mass is 10.1. The van der Waals surface area contributed by atoms with Gasteiger partial charge in [0.05, 0.1) is 29.7 Å². The Morgan fingerprint density at radius 1 is 1.15 bits per heavy atom. The van der Waals surface area contributed by atoms with Gasteiger partial charge in [0.1, 0.15) is 6.61 Å². The monoisotopic (exact) mass is 466 g/mol. The summed E-state index contributed by atoms with van der Waals surface area (Å²) in [6, 6.07) is 8.24. The molecule has 0 aliphatic carbocycles. The van der Waals surface area contributed by atoms with Gasteiger partial charge in [0.2, 0.25) is 0 Å². The van der Waals surface area contributed by atoms with Crippen molar-refractivity contribution in [2.75, 3.05) is 7.11 Å². The summed E-state index contributed by atoms with van der Waals surface area (Å²) in [6.07, 6.45) is 2.48. The third kappa shape index (κ3) is 4.70. The third-order valence-electron chi connectivity index (χ3n) is 5.30. The van der Waals surface area contributed by atoms with E-state index in [1.165, 1.54) is 28.9 Å². The average Bonchev–Trinajstić information content (AvgIpc) is 3.40. The second-order valence-corrected chi connectivity index (χ2v) is 8.27. The molecule has 1 aromatic carbocycles. The fourth-order valence-electron chi connectivity index (χ4n) is 3.54. The van der Waals surface area contributed by atoms with Crippen molar-refractivity contribution in [3.8, 4) is 5.69 Å². The standard InChI is InChI=1S/C23H22N4O5S/c1-14-19(8-9-21(29)31-3)15(2)27(25-14)18-6-4-16(5-7-18)22(30)32-13-17-12-20(28)26-10-11-33-23(26)24-17/h4-7,10-12H,8-9,13H2,1-3H3. The molecule has 3 heterocycles. The Morgan fingerprint density at radius 2 is 1.91 bits per heavy atom. The predicted octanol–water partition coefficient (Wildman–Crippen LogP) is 3.02. The molecular weight excluding hydrogens is 444 g/mol. The van der Waals surface area contributed by atoms with Gasteiger partial charge in [-0.05, 0) is 50.1 Å². The number of thiazole rings is 1. The van der Waals surface area contributed by atoms with Crippen molar-refractivity contribution >= 4 is 28.2 Å². The van der Waals surface area contributed by atoms with E-state index in [2.05, 4.69) is 10.1 Å². The second kappa shape index (κ2) is 9.37. The fourth-order valence-corrected chi connectivity index (χ4v) is 4.28. The van der Waals surface area contributed by atoms with Crippen LogP contribution in [0.25, 0.3) is 10.6 Å². The first-order chi connectivity index (χ1) is 15.9. The lowest BCUT2D eigenvalue weighted by Crippen LogP contribution is -2.14. The van der Waals surface area contributed by atoms with Gasteiger partial charge in [0.15, 0.2) is 4.96 Å². The molecule has 0 saturated carbocycles. The number of hydrogen-bond donors (Lipinski definition) is 0. The lowest BCUT2D eigenvalue weighted by molar-refractivity contribution is -0.140. The number of ether oxygens (including phenoxy) is 2. The molecule has 0 saturated heterocycles. The normalized spacial score (nSPS) is 11.0. The number of carbonyl (C=O) groups is 2. The van der Waals surface area contributed by atoms with Crippen molar-refractivity contribution in [3.05, 3.63) is 80.5 Å². The highest BCUT2D eigenvalue weighted by atomic mass is 32.1. The number of fused-ring (bicyclic) bond motifs is 1. The van der Waals surface area contributed by atoms with Crippen molar-refractivity contribution in [1.29, 1.82) is 0 Å². The first kappa shape index (κ1) is 22.4. The van der Waals surface area contributed by atoms with Crippen LogP contribution in [0.4, 0.5) is 0 Å². The maximum Gasteiger partial charge on any atom is 0.338 e. The molecule has 0 radical (unpaired) electrons. The van der Waals surface area contributed by atoms with Crippen LogP contribution in [-0.2, 0) is 27.3 Å². The molecule has 0 N–H and O–H groups in total. The SMILES string of the molecule is COC(=O)CCc1c(C)nn(-c2ccc(C(=O)OCc3cc(=O)n4ccsc4n3)cc2)c1C. The Morgan fingerprint density at radius 3 is 2.64 bits per heavy atom. The van der Waals surface area contributed by atoms with E-state index in [0.717, 1.165) is 22.6 Å². The minimum Gasteiger partial charge on any atom is -0.469 e. The zero-order valence-corrected chi connectivity index (χ0v) is 19.2. The van der Waals surface area contributed by atoms with Crippen LogP contribution in [-0.4, -0.2) is 38.2 Å². The van der Waals surface area contributed by atoms with Crippen molar-refractivity contribution in [3.63, 3.8) is 0 Å². The number of benzene rings is 1. The van der Waals surface area contributed by atoms with Gasteiger partial charge in [-0.3, -0.25) is 14.0 Å². The Bertz CT molecular complexity index is 1380. The Balaban J connectivity index is 1.45. The number of methoxy groups -OCH3 is 1. The number of hydrogen-bond acceptors (Lipinski definition) is 8. The van der Waals surface area contributed by atoms with Crippen LogP contribution in [0, 0.1) is 13.8 Å². The smallest absolute Gasteiger partial charge is 0.338 e. The Hall–Kier alpha value is -3.79. The van der Waals surface area contributed by atoms with Crippen LogP contribution < -0.4 is 5.56 Å². The maximum absolute atomic E-state index is 12.5. The van der Waals surface area contributed by atoms with Crippen LogP contribution in [0.5, 0.6) is 0 Å². The van der Waals surface area contributed by atoms with E-state index in [9.17, 15) is 14.4 Å². The van der Waals surface area contributed by atoms with E-state index in [-0.39, 0.29) is 24.6 Å². The third-order valence-corrected chi connectivity index (χ3v) is 6.06. The summed E-state index contributed by atoms with van der Waals surface area (Å²) in [4.78, 5) is 40.9. The van der Waals surface area contributed by atoms with Gasteiger partial charge in [0.25, 0.3) is 5.56 Å². The Labute approximate surface area is 193 Å². The summed E-state index contributed by atoms with van der Waals surface area (Å²) in [6.45, 7) is 3.75. The molecule has 3 aromatic heterocycles. The largest absolute Gasteiger partial charge is 0.469 e. The molecule has 0 bridgehead atoms. The van der Waals surface area contributed by atoms with Crippen molar-refractivity contribution in [2.24, 2.45) is 0 Å². The average molecular weight is 467 g/mol. The summed E-state index contributed by atoms with van der Waals surface area (Å²) < 4.78 is 13.3. The highest BCUT2D eigenvalue weighted by molar-refractivity contribution is 7.15. The zero-order valence-electron chi connectivity index (χ0n) is 18.4. The highest BCUT2D eigenvalue weighted by Crippen LogP contribution is 2.20. The summed E-state index contributed by atoms with van der Waals surface area (Å²) in [5.74, 6) is -0.776. The molecule has 9 nitrogen and oxygen atoms in total. The minimum absolute atomic E-state index is 0.0920. The predicted molar refractivity (Wildman–Crippen MR) is 122 cm³/mol. The molecule has 4 rings (SSSR count). The molecule has 0 fully saturated rings. The van der Waals surface area contributed by atoms with Gasteiger partial charge in [-0.15, -0.1) is 11.3 Å². The van der Waals surface area contributed by atoms with Crippen LogP contribution >= 0.6 is 11.3 Å². The number of carbonyl (C=O) groups excluding carboxylic acids is 2. The minimum atomic E-state index is -0.512. The Kier molecular flexibility index (Phi) is 6.36. The van der Waals surface area contributed by atoms with Crippen LogP contribution in [0.1, 0.15) is 39.4 Å². The molecule has 0 amide bonds. The lowest BCUT2D eigenvalue weighted by Gasteiger charge is -2.08. The molecule has 0 aliphatic rings. The van der Waals surface area contributed by atoms with Crippen molar-refractivity contribution in [2.45, 2.75) is 33.3 Å². The number of nitrogens with zero attached hydrogens (tertiary/aromatic N) is 4. The number of aromatic nitrogens is 4. The highest BCUT2D eigenvalue weighted by Gasteiger charge is 2.15. The van der Waals surface area contributed by atoms with E-state index >= 15 is 0 Å². The number of esters is 2. The first-order valence-corrected chi connectivity index (χ1v) is 11.1. The molecule has 4 aromatic rings. The van der Waals surface area contributed by atoms with Gasteiger partial charge < -0.3 is 9.47 Å². The van der Waals surface area contributed by atoms with Gasteiger partial charge >= 0.3 is 11.9 Å². The summed E-state index contributed by atoms with van der Waals surface area (Å²) in [5.41, 5.74) is 4.10. The second-order valence-electron chi connectivity index (χ2n) is 7.40. The zero-order chi connectivity index (χ0) is 23.5. The van der Waals surface area contributed by atoms with Gasteiger partial charge in [-0.1, -0.05) is 0 Å². The molecule has 0 spiro atoms. The summed E-state index contributed by atoms with van der Waals surface area (Å²) in [5, 5.41) is 6.34. The van der Waals surface area contributed by atoms with Crippen LogP contribution in [0.15, 0.2) is 46.7 Å². The molecular formula is C23H22N4O5S. The first-order valence-electron chi connectivity index (χ1n) is 10.2. The van der Waals surface area contributed by atoms with E-state index in [1.807, 2.05) is 13.8 Å². The molecule has 10 heteroatoms. The van der Waals surface area contributed by atoms with Gasteiger partial charge in [-0.2, -0.15) is 5.10 Å². The molecule has 33 heavy (non-hydrogen) atoms. The van der Waals surface area contributed by atoms with E-state index < -0.39 is 5.97 Å². The molecule has 0 aliphatic heterocycles. The van der Waals surface area contributed by atoms with Gasteiger partial charge in [0, 0.05) is 29.8 Å². The van der Waals surface area contributed by atoms with E-state index in [4.69, 9.17) is 9.47 Å². The summed E-state index contributed by atoms with van der Waals surface area (Å²) in [7, 11) is 1.37.